The highest BCUT2D eigenvalue weighted by molar-refractivity contribution is 6.30. The minimum Gasteiger partial charge on any atom is -0.548 e. The Labute approximate surface area is 122 Å². The van der Waals surface area contributed by atoms with Gasteiger partial charge in [-0.2, -0.15) is 0 Å². The first-order valence-corrected chi connectivity index (χ1v) is 6.96. The van der Waals surface area contributed by atoms with Crippen LogP contribution in [-0.2, 0) is 4.79 Å². The van der Waals surface area contributed by atoms with E-state index < -0.39 is 17.5 Å². The summed E-state index contributed by atoms with van der Waals surface area (Å²) < 4.78 is 0. The standard InChI is InChI=1S/C14H17ClN2O3/c15-10-4-6-11(7-5-10)16-13(20)17-14(12(18)19)8-2-1-3-9-14/h4-7H,1-3,8-9H2,(H,18,19)(H2,16,17,20)/p-1. The van der Waals surface area contributed by atoms with Gasteiger partial charge in [0.15, 0.2) is 0 Å². The first-order valence-electron chi connectivity index (χ1n) is 6.58. The Hall–Kier alpha value is -1.75. The summed E-state index contributed by atoms with van der Waals surface area (Å²) in [4.78, 5) is 23.3. The van der Waals surface area contributed by atoms with Crippen molar-refractivity contribution in [1.82, 2.24) is 5.32 Å². The first kappa shape index (κ1) is 14.7. The van der Waals surface area contributed by atoms with Crippen molar-refractivity contribution in [3.8, 4) is 0 Å². The number of carbonyl (C=O) groups excluding carboxylic acids is 2. The zero-order chi connectivity index (χ0) is 14.6. The summed E-state index contributed by atoms with van der Waals surface area (Å²) in [5.74, 6) is -1.22. The molecule has 1 aliphatic rings. The van der Waals surface area contributed by atoms with Crippen molar-refractivity contribution in [2.24, 2.45) is 0 Å². The van der Waals surface area contributed by atoms with Crippen molar-refractivity contribution in [3.63, 3.8) is 0 Å². The number of halogens is 1. The lowest BCUT2D eigenvalue weighted by atomic mass is 9.82. The van der Waals surface area contributed by atoms with Crippen molar-refractivity contribution in [3.05, 3.63) is 29.3 Å². The molecule has 0 bridgehead atoms. The molecule has 0 aromatic heterocycles. The zero-order valence-electron chi connectivity index (χ0n) is 10.9. The van der Waals surface area contributed by atoms with E-state index in [0.717, 1.165) is 19.3 Å². The molecule has 1 saturated carbocycles. The molecule has 0 aliphatic heterocycles. The van der Waals surface area contributed by atoms with Crippen LogP contribution in [0.3, 0.4) is 0 Å². The molecule has 6 heteroatoms. The summed E-state index contributed by atoms with van der Waals surface area (Å²) in [6.45, 7) is 0. The third kappa shape index (κ3) is 3.42. The van der Waals surface area contributed by atoms with Gasteiger partial charge in [-0.3, -0.25) is 0 Å². The van der Waals surface area contributed by atoms with Crippen molar-refractivity contribution in [2.45, 2.75) is 37.6 Å². The lowest BCUT2D eigenvalue weighted by Gasteiger charge is -2.38. The van der Waals surface area contributed by atoms with E-state index >= 15 is 0 Å². The molecule has 0 radical (unpaired) electrons. The van der Waals surface area contributed by atoms with E-state index in [9.17, 15) is 14.7 Å². The van der Waals surface area contributed by atoms with Gasteiger partial charge in [0.05, 0.1) is 11.5 Å². The van der Waals surface area contributed by atoms with Crippen LogP contribution in [0.25, 0.3) is 0 Å². The molecule has 0 atom stereocenters. The van der Waals surface area contributed by atoms with Crippen LogP contribution >= 0.6 is 11.6 Å². The van der Waals surface area contributed by atoms with Crippen LogP contribution in [0.2, 0.25) is 5.02 Å². The van der Waals surface area contributed by atoms with E-state index in [0.29, 0.717) is 23.6 Å². The quantitative estimate of drug-likeness (QED) is 0.894. The van der Waals surface area contributed by atoms with E-state index in [1.54, 1.807) is 24.3 Å². The molecule has 0 saturated heterocycles. The highest BCUT2D eigenvalue weighted by Gasteiger charge is 2.35. The topological polar surface area (TPSA) is 81.3 Å². The maximum absolute atomic E-state index is 11.9. The number of hydrogen-bond acceptors (Lipinski definition) is 3. The molecule has 2 rings (SSSR count). The fourth-order valence-corrected chi connectivity index (χ4v) is 2.57. The Bertz CT molecular complexity index is 496. The Balaban J connectivity index is 2.01. The number of amides is 2. The monoisotopic (exact) mass is 295 g/mol. The number of hydrogen-bond donors (Lipinski definition) is 2. The van der Waals surface area contributed by atoms with Gasteiger partial charge >= 0.3 is 6.03 Å². The molecule has 20 heavy (non-hydrogen) atoms. The van der Waals surface area contributed by atoms with Crippen molar-refractivity contribution in [2.75, 3.05) is 5.32 Å². The van der Waals surface area contributed by atoms with Gasteiger partial charge in [-0.15, -0.1) is 0 Å². The number of carboxylic acids is 1. The number of rotatable bonds is 3. The van der Waals surface area contributed by atoms with Gasteiger partial charge in [0.2, 0.25) is 0 Å². The number of nitrogens with one attached hydrogen (secondary N) is 2. The molecule has 0 unspecified atom stereocenters. The third-order valence-electron chi connectivity index (χ3n) is 3.55. The first-order chi connectivity index (χ1) is 9.52. The molecule has 1 aromatic carbocycles. The number of carbonyl (C=O) groups is 2. The summed E-state index contributed by atoms with van der Waals surface area (Å²) in [6.07, 6.45) is 3.34. The number of anilines is 1. The maximum Gasteiger partial charge on any atom is 0.319 e. The van der Waals surface area contributed by atoms with Crippen LogP contribution in [0.5, 0.6) is 0 Å². The predicted octanol–water partition coefficient (Wildman–Crippen LogP) is 1.91. The number of aliphatic carboxylic acids is 1. The predicted molar refractivity (Wildman–Crippen MR) is 74.4 cm³/mol. The normalized spacial score (nSPS) is 17.2. The van der Waals surface area contributed by atoms with Crippen molar-refractivity contribution in [1.29, 1.82) is 0 Å². The number of benzene rings is 1. The smallest absolute Gasteiger partial charge is 0.319 e. The summed E-state index contributed by atoms with van der Waals surface area (Å²) in [5, 5.41) is 17.0. The minimum absolute atomic E-state index is 0.406. The zero-order valence-corrected chi connectivity index (χ0v) is 11.7. The second-order valence-electron chi connectivity index (χ2n) is 5.02. The third-order valence-corrected chi connectivity index (χ3v) is 3.80. The van der Waals surface area contributed by atoms with E-state index in [2.05, 4.69) is 10.6 Å². The van der Waals surface area contributed by atoms with Crippen LogP contribution in [0, 0.1) is 0 Å². The molecule has 2 N–H and O–H groups in total. The molecular formula is C14H16ClN2O3-. The second-order valence-corrected chi connectivity index (χ2v) is 5.45. The van der Waals surface area contributed by atoms with E-state index in [1.165, 1.54) is 0 Å². The summed E-state index contributed by atoms with van der Waals surface area (Å²) >= 11 is 5.75. The second kappa shape index (κ2) is 6.13. The fourth-order valence-electron chi connectivity index (χ4n) is 2.45. The van der Waals surface area contributed by atoms with Crippen LogP contribution in [-0.4, -0.2) is 17.5 Å². The molecule has 0 heterocycles. The number of urea groups is 1. The fraction of sp³-hybridized carbons (Fsp3) is 0.429. The highest BCUT2D eigenvalue weighted by atomic mass is 35.5. The van der Waals surface area contributed by atoms with Gasteiger partial charge in [0.1, 0.15) is 0 Å². The van der Waals surface area contributed by atoms with Crippen LogP contribution < -0.4 is 15.7 Å². The van der Waals surface area contributed by atoms with Gasteiger partial charge in [-0.1, -0.05) is 30.9 Å². The summed E-state index contributed by atoms with van der Waals surface area (Å²) in [5.41, 5.74) is -0.703. The largest absolute Gasteiger partial charge is 0.548 e. The average Bonchev–Trinajstić information content (AvgIpc) is 2.42. The van der Waals surface area contributed by atoms with E-state index in [1.807, 2.05) is 0 Å². The molecule has 2 amide bonds. The van der Waals surface area contributed by atoms with Crippen LogP contribution in [0.15, 0.2) is 24.3 Å². The van der Waals surface area contributed by atoms with Gasteiger partial charge < -0.3 is 20.5 Å². The van der Waals surface area contributed by atoms with E-state index in [4.69, 9.17) is 11.6 Å². The highest BCUT2D eigenvalue weighted by Crippen LogP contribution is 2.28. The average molecular weight is 296 g/mol. The van der Waals surface area contributed by atoms with E-state index in [-0.39, 0.29) is 0 Å². The SMILES string of the molecule is O=C(Nc1ccc(Cl)cc1)NC1(C(=O)[O-])CCCCC1. The molecule has 108 valence electrons. The molecule has 5 nitrogen and oxygen atoms in total. The van der Waals surface area contributed by atoms with Crippen LogP contribution in [0.4, 0.5) is 10.5 Å². The Morgan fingerprint density at radius 2 is 1.70 bits per heavy atom. The van der Waals surface area contributed by atoms with Crippen molar-refractivity contribution < 1.29 is 14.7 Å². The summed E-state index contributed by atoms with van der Waals surface area (Å²) in [7, 11) is 0. The molecule has 1 fully saturated rings. The molecular weight excluding hydrogens is 280 g/mol. The van der Waals surface area contributed by atoms with Gasteiger partial charge in [-0.05, 0) is 37.1 Å². The molecule has 1 aliphatic carbocycles. The van der Waals surface area contributed by atoms with Crippen LogP contribution in [0.1, 0.15) is 32.1 Å². The van der Waals surface area contributed by atoms with Gasteiger partial charge in [0.25, 0.3) is 0 Å². The lowest BCUT2D eigenvalue weighted by molar-refractivity contribution is -0.315. The number of carboxylic acid groups (broad SMARTS) is 1. The summed E-state index contributed by atoms with van der Waals surface area (Å²) in [6, 6.07) is 6.04. The lowest BCUT2D eigenvalue weighted by Crippen LogP contribution is -2.61. The molecule has 0 spiro atoms. The van der Waals surface area contributed by atoms with Crippen molar-refractivity contribution >= 4 is 29.3 Å². The molecule has 1 aromatic rings. The Morgan fingerprint density at radius 1 is 1.10 bits per heavy atom. The Kier molecular flexibility index (Phi) is 4.49. The van der Waals surface area contributed by atoms with Gasteiger partial charge in [-0.25, -0.2) is 4.79 Å². The minimum atomic E-state index is -1.26. The maximum atomic E-state index is 11.9. The van der Waals surface area contributed by atoms with Gasteiger partial charge in [0, 0.05) is 10.7 Å². The Morgan fingerprint density at radius 3 is 2.25 bits per heavy atom.